The second-order valence-electron chi connectivity index (χ2n) is 1.98. The molecule has 0 saturated heterocycles. The van der Waals surface area contributed by atoms with Crippen LogP contribution in [0.3, 0.4) is 0 Å². The van der Waals surface area contributed by atoms with Crippen molar-refractivity contribution in [1.29, 1.82) is 0 Å². The van der Waals surface area contributed by atoms with Gasteiger partial charge in [-0.1, -0.05) is 6.07 Å². The monoisotopic (exact) mass is 129 g/mol. The van der Waals surface area contributed by atoms with Gasteiger partial charge in [-0.05, 0) is 25.5 Å². The number of aryl methyl sites for hydroxylation is 2. The van der Waals surface area contributed by atoms with Crippen molar-refractivity contribution in [1.82, 2.24) is 4.98 Å². The summed E-state index contributed by atoms with van der Waals surface area (Å²) in [6.45, 7) is 4.02. The molecule has 0 fully saturated rings. The molecule has 0 unspecified atom stereocenters. The number of rotatable bonds is 0. The lowest BCUT2D eigenvalue weighted by Gasteiger charge is -1.89. The van der Waals surface area contributed by atoms with Gasteiger partial charge in [-0.2, -0.15) is 0 Å². The molecule has 0 aliphatic heterocycles. The van der Waals surface area contributed by atoms with E-state index in [0.29, 0.717) is 0 Å². The maximum absolute atomic E-state index is 4.08. The molecule has 3 heteroatoms. The molecular formula is C7H9B2N. The average molecular weight is 129 g/mol. The van der Waals surface area contributed by atoms with Crippen LogP contribution in [0.15, 0.2) is 18.3 Å². The Morgan fingerprint density at radius 2 is 1.80 bits per heavy atom. The van der Waals surface area contributed by atoms with E-state index in [1.54, 1.807) is 0 Å². The second kappa shape index (κ2) is 5.10. The van der Waals surface area contributed by atoms with Crippen LogP contribution < -0.4 is 0 Å². The molecule has 0 bridgehead atoms. The number of nitrogens with zero attached hydrogens (tertiary/aromatic N) is 1. The summed E-state index contributed by atoms with van der Waals surface area (Å²) >= 11 is 0. The first-order valence-corrected chi connectivity index (χ1v) is 3.01. The molecule has 0 aromatic carbocycles. The standard InChI is InChI=1S/C7H9N.B2/c1-6-3-4-7(2)8-5-6;1-2/h3-5H,1-2H3;. The Balaban J connectivity index is 0.000000371. The van der Waals surface area contributed by atoms with E-state index in [0.717, 1.165) is 5.69 Å². The molecule has 0 aliphatic carbocycles. The molecule has 1 rings (SSSR count). The zero-order valence-corrected chi connectivity index (χ0v) is 6.33. The molecule has 0 N–H and O–H groups in total. The number of hydrogen-bond acceptors (Lipinski definition) is 1. The van der Waals surface area contributed by atoms with Crippen LogP contribution in [0, 0.1) is 13.8 Å². The minimum Gasteiger partial charge on any atom is -0.261 e. The van der Waals surface area contributed by atoms with Crippen LogP contribution >= 0.6 is 0 Å². The third-order valence-electron chi connectivity index (χ3n) is 1.06. The highest BCUT2D eigenvalue weighted by molar-refractivity contribution is 6.75. The fourth-order valence-electron chi connectivity index (χ4n) is 0.542. The van der Waals surface area contributed by atoms with Gasteiger partial charge in [-0.15, -0.1) is 0 Å². The summed E-state index contributed by atoms with van der Waals surface area (Å²) in [5.74, 6) is 0. The molecule has 0 aliphatic rings. The van der Waals surface area contributed by atoms with Gasteiger partial charge in [0.1, 0.15) is 0 Å². The molecule has 48 valence electrons. The molecule has 1 heterocycles. The average Bonchev–Trinajstić information content (AvgIpc) is 2.00. The van der Waals surface area contributed by atoms with Crippen LogP contribution in [0.5, 0.6) is 0 Å². The van der Waals surface area contributed by atoms with Crippen molar-refractivity contribution < 1.29 is 0 Å². The van der Waals surface area contributed by atoms with Gasteiger partial charge in [-0.25, -0.2) is 0 Å². The number of hydrogen-bond donors (Lipinski definition) is 0. The number of pyridine rings is 1. The van der Waals surface area contributed by atoms with E-state index in [2.05, 4.69) is 26.5 Å². The Bertz CT molecular complexity index is 150. The van der Waals surface area contributed by atoms with Gasteiger partial charge in [0.2, 0.25) is 0 Å². The van der Waals surface area contributed by atoms with Gasteiger partial charge in [0.15, 0.2) is 0 Å². The van der Waals surface area contributed by atoms with E-state index in [-0.39, 0.29) is 0 Å². The molecule has 0 amide bonds. The minimum absolute atomic E-state index is 1.08. The Morgan fingerprint density at radius 3 is 2.10 bits per heavy atom. The smallest absolute Gasteiger partial charge is 0.0372 e. The van der Waals surface area contributed by atoms with Gasteiger partial charge in [-0.3, -0.25) is 4.98 Å². The van der Waals surface area contributed by atoms with Gasteiger partial charge < -0.3 is 0 Å². The summed E-state index contributed by atoms with van der Waals surface area (Å²) < 4.78 is 0. The summed E-state index contributed by atoms with van der Waals surface area (Å²) in [5.41, 5.74) is 2.30. The summed E-state index contributed by atoms with van der Waals surface area (Å²) in [4.78, 5) is 4.08. The minimum atomic E-state index is 1.08. The van der Waals surface area contributed by atoms with Crippen molar-refractivity contribution >= 4 is 15.5 Å². The molecule has 1 aromatic heterocycles. The lowest BCUT2D eigenvalue weighted by molar-refractivity contribution is 1.17. The maximum atomic E-state index is 4.08. The van der Waals surface area contributed by atoms with E-state index in [1.807, 2.05) is 26.1 Å². The summed E-state index contributed by atoms with van der Waals surface area (Å²) in [6.07, 6.45) is 1.87. The second-order valence-corrected chi connectivity index (χ2v) is 1.98. The van der Waals surface area contributed by atoms with Crippen molar-refractivity contribution in [2.45, 2.75) is 13.8 Å². The van der Waals surface area contributed by atoms with E-state index in [9.17, 15) is 0 Å². The molecule has 0 atom stereocenters. The maximum Gasteiger partial charge on any atom is 0.0372 e. The molecule has 10 heavy (non-hydrogen) atoms. The van der Waals surface area contributed by atoms with Crippen LogP contribution in [-0.4, -0.2) is 20.5 Å². The van der Waals surface area contributed by atoms with E-state index >= 15 is 0 Å². The van der Waals surface area contributed by atoms with Crippen LogP contribution in [0.25, 0.3) is 0 Å². The first-order chi connectivity index (χ1) is 4.79. The van der Waals surface area contributed by atoms with Gasteiger partial charge in [0, 0.05) is 27.4 Å². The Labute approximate surface area is 64.7 Å². The zero-order valence-electron chi connectivity index (χ0n) is 6.33. The summed E-state index contributed by atoms with van der Waals surface area (Å²) in [7, 11) is 8.00. The van der Waals surface area contributed by atoms with Gasteiger partial charge >= 0.3 is 0 Å². The van der Waals surface area contributed by atoms with Crippen LogP contribution in [0.2, 0.25) is 0 Å². The summed E-state index contributed by atoms with van der Waals surface area (Å²) in [5, 5.41) is 0. The largest absolute Gasteiger partial charge is 0.261 e. The Hall–Kier alpha value is -0.720. The number of aromatic nitrogens is 1. The van der Waals surface area contributed by atoms with Crippen molar-refractivity contribution in [3.8, 4) is 0 Å². The van der Waals surface area contributed by atoms with Crippen molar-refractivity contribution in [2.24, 2.45) is 0 Å². The Morgan fingerprint density at radius 1 is 1.20 bits per heavy atom. The molecule has 1 aromatic rings. The lowest BCUT2D eigenvalue weighted by Crippen LogP contribution is -1.78. The van der Waals surface area contributed by atoms with Crippen molar-refractivity contribution in [2.75, 3.05) is 0 Å². The predicted octanol–water partition coefficient (Wildman–Crippen LogP) is 0.937. The highest BCUT2D eigenvalue weighted by Crippen LogP contribution is 1.94. The van der Waals surface area contributed by atoms with Crippen LogP contribution in [0.4, 0.5) is 0 Å². The van der Waals surface area contributed by atoms with E-state index < -0.39 is 0 Å². The molecule has 4 radical (unpaired) electrons. The fraction of sp³-hybridized carbons (Fsp3) is 0.286. The molecule has 0 spiro atoms. The Kier molecular flexibility index (Phi) is 4.73. The fourth-order valence-corrected chi connectivity index (χ4v) is 0.542. The van der Waals surface area contributed by atoms with Crippen LogP contribution in [-0.2, 0) is 0 Å². The molecular weight excluding hydrogens is 120 g/mol. The first kappa shape index (κ1) is 9.28. The SMILES string of the molecule is Cc1ccc(C)nc1.[B][B]. The van der Waals surface area contributed by atoms with E-state index in [4.69, 9.17) is 0 Å². The topological polar surface area (TPSA) is 12.9 Å². The van der Waals surface area contributed by atoms with E-state index in [1.165, 1.54) is 5.56 Å². The van der Waals surface area contributed by atoms with Crippen molar-refractivity contribution in [3.63, 3.8) is 0 Å². The third-order valence-corrected chi connectivity index (χ3v) is 1.06. The van der Waals surface area contributed by atoms with Crippen molar-refractivity contribution in [3.05, 3.63) is 29.6 Å². The lowest BCUT2D eigenvalue weighted by atomic mass is 9.81. The third kappa shape index (κ3) is 3.33. The van der Waals surface area contributed by atoms with Gasteiger partial charge in [0.05, 0.1) is 0 Å². The first-order valence-electron chi connectivity index (χ1n) is 3.01. The highest BCUT2D eigenvalue weighted by Gasteiger charge is 1.81. The molecule has 1 nitrogen and oxygen atoms in total. The summed E-state index contributed by atoms with van der Waals surface area (Å²) in [6, 6.07) is 4.07. The zero-order chi connectivity index (χ0) is 7.98. The quantitative estimate of drug-likeness (QED) is 0.474. The predicted molar refractivity (Wildman–Crippen MR) is 45.2 cm³/mol. The van der Waals surface area contributed by atoms with Gasteiger partial charge in [0.25, 0.3) is 0 Å². The molecule has 0 saturated carbocycles. The van der Waals surface area contributed by atoms with Crippen LogP contribution in [0.1, 0.15) is 11.3 Å². The highest BCUT2D eigenvalue weighted by atomic mass is 14.6. The normalized spacial score (nSPS) is 7.80.